The van der Waals surface area contributed by atoms with Gasteiger partial charge in [0.2, 0.25) is 0 Å². The van der Waals surface area contributed by atoms with Gasteiger partial charge in [-0.2, -0.15) is 0 Å². The van der Waals surface area contributed by atoms with E-state index >= 15 is 0 Å². The van der Waals surface area contributed by atoms with E-state index in [2.05, 4.69) is 6.92 Å². The number of rotatable bonds is 9. The van der Waals surface area contributed by atoms with Crippen LogP contribution in [0.4, 0.5) is 0 Å². The Hall–Kier alpha value is -0.900. The van der Waals surface area contributed by atoms with Crippen molar-refractivity contribution < 1.29 is 19.8 Å². The number of hydrogen-bond donors (Lipinski definition) is 2. The summed E-state index contributed by atoms with van der Waals surface area (Å²) in [5.74, 6) is -2.96. The standard InChI is InChI=1S/C12H22O4/c1-3-4-5-6-7-8-10(14)11(9(2)13)12(15)16/h10-11,14H,3-8H2,1-2H3,(H,15,16). The third kappa shape index (κ3) is 5.85. The largest absolute Gasteiger partial charge is 0.481 e. The van der Waals surface area contributed by atoms with Crippen molar-refractivity contribution >= 4 is 11.8 Å². The lowest BCUT2D eigenvalue weighted by Crippen LogP contribution is -2.33. The van der Waals surface area contributed by atoms with Gasteiger partial charge in [-0.25, -0.2) is 0 Å². The molecule has 0 aromatic rings. The first-order valence-electron chi connectivity index (χ1n) is 5.92. The Balaban J connectivity index is 3.88. The summed E-state index contributed by atoms with van der Waals surface area (Å²) in [6.07, 6.45) is 4.50. The molecule has 4 heteroatoms. The lowest BCUT2D eigenvalue weighted by Gasteiger charge is -2.16. The third-order valence-electron chi connectivity index (χ3n) is 2.69. The van der Waals surface area contributed by atoms with Crippen molar-refractivity contribution in [2.45, 2.75) is 58.5 Å². The zero-order valence-corrected chi connectivity index (χ0v) is 10.1. The van der Waals surface area contributed by atoms with Crippen molar-refractivity contribution in [1.29, 1.82) is 0 Å². The number of carbonyl (C=O) groups is 2. The molecule has 0 heterocycles. The smallest absolute Gasteiger partial charge is 0.316 e. The van der Waals surface area contributed by atoms with Gasteiger partial charge in [0.05, 0.1) is 6.10 Å². The molecule has 0 bridgehead atoms. The minimum Gasteiger partial charge on any atom is -0.481 e. The predicted molar refractivity (Wildman–Crippen MR) is 61.2 cm³/mol. The van der Waals surface area contributed by atoms with Crippen LogP contribution in [0.3, 0.4) is 0 Å². The molecule has 2 N–H and O–H groups in total. The number of hydrogen-bond acceptors (Lipinski definition) is 3. The highest BCUT2D eigenvalue weighted by molar-refractivity contribution is 5.97. The Morgan fingerprint density at radius 3 is 2.12 bits per heavy atom. The maximum Gasteiger partial charge on any atom is 0.316 e. The maximum atomic E-state index is 11.0. The molecule has 0 aliphatic heterocycles. The SMILES string of the molecule is CCCCCCCC(O)C(C(C)=O)C(=O)O. The van der Waals surface area contributed by atoms with Gasteiger partial charge in [0, 0.05) is 0 Å². The number of Topliss-reactive ketones (excluding diaryl/α,β-unsaturated/α-hetero) is 1. The highest BCUT2D eigenvalue weighted by Gasteiger charge is 2.30. The summed E-state index contributed by atoms with van der Waals surface area (Å²) in [6, 6.07) is 0. The van der Waals surface area contributed by atoms with Gasteiger partial charge >= 0.3 is 5.97 Å². The molecule has 0 rings (SSSR count). The summed E-state index contributed by atoms with van der Waals surface area (Å²) < 4.78 is 0. The van der Waals surface area contributed by atoms with Crippen LogP contribution in [0.1, 0.15) is 52.4 Å². The number of carbonyl (C=O) groups excluding carboxylic acids is 1. The van der Waals surface area contributed by atoms with Gasteiger partial charge in [-0.15, -0.1) is 0 Å². The molecular formula is C12H22O4. The fraction of sp³-hybridized carbons (Fsp3) is 0.833. The molecule has 0 radical (unpaired) electrons. The molecule has 0 fully saturated rings. The van der Waals surface area contributed by atoms with E-state index in [0.29, 0.717) is 6.42 Å². The van der Waals surface area contributed by atoms with Crippen molar-refractivity contribution in [3.63, 3.8) is 0 Å². The van der Waals surface area contributed by atoms with E-state index in [1.165, 1.54) is 6.92 Å². The first-order valence-corrected chi connectivity index (χ1v) is 5.92. The second-order valence-corrected chi connectivity index (χ2v) is 4.20. The second-order valence-electron chi connectivity index (χ2n) is 4.20. The number of unbranched alkanes of at least 4 members (excludes halogenated alkanes) is 4. The fourth-order valence-electron chi connectivity index (χ4n) is 1.73. The zero-order chi connectivity index (χ0) is 12.6. The van der Waals surface area contributed by atoms with Crippen molar-refractivity contribution in [3.05, 3.63) is 0 Å². The van der Waals surface area contributed by atoms with Crippen LogP contribution in [0.15, 0.2) is 0 Å². The highest BCUT2D eigenvalue weighted by atomic mass is 16.4. The molecule has 2 unspecified atom stereocenters. The minimum atomic E-state index is -1.26. The number of carboxylic acids is 1. The molecule has 0 aliphatic rings. The van der Waals surface area contributed by atoms with Gasteiger partial charge in [0.25, 0.3) is 0 Å². The topological polar surface area (TPSA) is 74.6 Å². The number of carboxylic acid groups (broad SMARTS) is 1. The Morgan fingerprint density at radius 1 is 1.12 bits per heavy atom. The van der Waals surface area contributed by atoms with Gasteiger partial charge < -0.3 is 10.2 Å². The average molecular weight is 230 g/mol. The van der Waals surface area contributed by atoms with E-state index in [1.54, 1.807) is 0 Å². The molecule has 0 saturated carbocycles. The van der Waals surface area contributed by atoms with Gasteiger partial charge in [-0.1, -0.05) is 39.0 Å². The lowest BCUT2D eigenvalue weighted by atomic mass is 9.94. The van der Waals surface area contributed by atoms with Crippen LogP contribution in [0, 0.1) is 5.92 Å². The molecule has 0 aromatic carbocycles. The van der Waals surface area contributed by atoms with Gasteiger partial charge in [0.1, 0.15) is 11.7 Å². The van der Waals surface area contributed by atoms with Crippen LogP contribution in [-0.2, 0) is 9.59 Å². The van der Waals surface area contributed by atoms with Crippen LogP contribution < -0.4 is 0 Å². The van der Waals surface area contributed by atoms with Crippen LogP contribution in [0.25, 0.3) is 0 Å². The summed E-state index contributed by atoms with van der Waals surface area (Å²) in [5, 5.41) is 18.4. The van der Waals surface area contributed by atoms with E-state index in [-0.39, 0.29) is 0 Å². The molecule has 0 aromatic heterocycles. The molecule has 16 heavy (non-hydrogen) atoms. The first-order chi connectivity index (χ1) is 7.50. The maximum absolute atomic E-state index is 11.0. The van der Waals surface area contributed by atoms with Crippen LogP contribution >= 0.6 is 0 Å². The Bertz CT molecular complexity index is 211. The molecule has 0 aliphatic carbocycles. The summed E-state index contributed by atoms with van der Waals surface area (Å²) in [4.78, 5) is 21.8. The molecule has 94 valence electrons. The molecule has 4 nitrogen and oxygen atoms in total. The van der Waals surface area contributed by atoms with E-state index in [0.717, 1.165) is 32.1 Å². The average Bonchev–Trinajstić information content (AvgIpc) is 2.16. The van der Waals surface area contributed by atoms with E-state index in [9.17, 15) is 14.7 Å². The summed E-state index contributed by atoms with van der Waals surface area (Å²) in [5.41, 5.74) is 0. The zero-order valence-electron chi connectivity index (χ0n) is 10.1. The van der Waals surface area contributed by atoms with Gasteiger partial charge in [0.15, 0.2) is 0 Å². The Morgan fingerprint density at radius 2 is 1.69 bits per heavy atom. The molecule has 2 atom stereocenters. The lowest BCUT2D eigenvalue weighted by molar-refractivity contribution is -0.150. The van der Waals surface area contributed by atoms with Crippen LogP contribution in [0.5, 0.6) is 0 Å². The van der Waals surface area contributed by atoms with Crippen LogP contribution in [0.2, 0.25) is 0 Å². The van der Waals surface area contributed by atoms with Crippen molar-refractivity contribution in [1.82, 2.24) is 0 Å². The summed E-state index contributed by atoms with van der Waals surface area (Å²) in [6.45, 7) is 3.32. The normalized spacial score (nSPS) is 14.4. The summed E-state index contributed by atoms with van der Waals surface area (Å²) in [7, 11) is 0. The monoisotopic (exact) mass is 230 g/mol. The van der Waals surface area contributed by atoms with E-state index < -0.39 is 23.8 Å². The molecule has 0 amide bonds. The number of aliphatic hydroxyl groups is 1. The Kier molecular flexibility index (Phi) is 7.81. The predicted octanol–water partition coefficient (Wildman–Crippen LogP) is 2.00. The first kappa shape index (κ1) is 15.1. The van der Waals surface area contributed by atoms with Gasteiger partial charge in [-0.3, -0.25) is 9.59 Å². The van der Waals surface area contributed by atoms with Crippen LogP contribution in [-0.4, -0.2) is 28.1 Å². The number of aliphatic carboxylic acids is 1. The summed E-state index contributed by atoms with van der Waals surface area (Å²) >= 11 is 0. The highest BCUT2D eigenvalue weighted by Crippen LogP contribution is 2.14. The minimum absolute atomic E-state index is 0.389. The molecule has 0 saturated heterocycles. The second kappa shape index (κ2) is 8.28. The van der Waals surface area contributed by atoms with Crippen molar-refractivity contribution in [2.75, 3.05) is 0 Å². The number of ketones is 1. The molecular weight excluding hydrogens is 208 g/mol. The Labute approximate surface area is 96.7 Å². The van der Waals surface area contributed by atoms with E-state index in [4.69, 9.17) is 5.11 Å². The molecule has 0 spiro atoms. The third-order valence-corrected chi connectivity index (χ3v) is 2.69. The number of aliphatic hydroxyl groups excluding tert-OH is 1. The van der Waals surface area contributed by atoms with E-state index in [1.807, 2.05) is 0 Å². The van der Waals surface area contributed by atoms with Crippen molar-refractivity contribution in [2.24, 2.45) is 5.92 Å². The van der Waals surface area contributed by atoms with Crippen molar-refractivity contribution in [3.8, 4) is 0 Å². The van der Waals surface area contributed by atoms with Gasteiger partial charge in [-0.05, 0) is 13.3 Å². The quantitative estimate of drug-likeness (QED) is 0.469. The fourth-order valence-corrected chi connectivity index (χ4v) is 1.73.